The number of fused-ring (bicyclic) bond motifs is 1. The van der Waals surface area contributed by atoms with E-state index in [1.165, 1.54) is 48.9 Å². The zero-order chi connectivity index (χ0) is 20.9. The van der Waals surface area contributed by atoms with Crippen LogP contribution in [0.1, 0.15) is 12.8 Å². The van der Waals surface area contributed by atoms with E-state index in [0.29, 0.717) is 24.0 Å². The van der Waals surface area contributed by atoms with Crippen molar-refractivity contribution in [3.05, 3.63) is 36.3 Å². The van der Waals surface area contributed by atoms with Crippen molar-refractivity contribution in [3.63, 3.8) is 0 Å². The molecule has 0 unspecified atom stereocenters. The molecule has 0 saturated carbocycles. The van der Waals surface area contributed by atoms with Gasteiger partial charge in [-0.05, 0) is 43.4 Å². The van der Waals surface area contributed by atoms with Crippen LogP contribution in [-0.2, 0) is 11.3 Å². The predicted octanol–water partition coefficient (Wildman–Crippen LogP) is 2.48. The molecule has 4 rings (SSSR count). The summed E-state index contributed by atoms with van der Waals surface area (Å²) in [5.74, 6) is 0.776. The molecule has 1 saturated heterocycles. The number of anilines is 1. The van der Waals surface area contributed by atoms with Crippen molar-refractivity contribution in [2.24, 2.45) is 0 Å². The van der Waals surface area contributed by atoms with Gasteiger partial charge in [-0.15, -0.1) is 0 Å². The van der Waals surface area contributed by atoms with Crippen LogP contribution in [0.4, 0.5) is 10.2 Å². The summed E-state index contributed by atoms with van der Waals surface area (Å²) in [5.41, 5.74) is 0.771. The number of benzene rings is 1. The van der Waals surface area contributed by atoms with Gasteiger partial charge in [-0.3, -0.25) is 4.79 Å². The largest absolute Gasteiger partial charge is 0.484 e. The maximum absolute atomic E-state index is 12.9. The number of ether oxygens (including phenoxy) is 1. The Morgan fingerprint density at radius 1 is 1.23 bits per heavy atom. The molecule has 0 radical (unpaired) electrons. The molecule has 2 aromatic heterocycles. The number of nitrogens with one attached hydrogen (secondary N) is 1. The summed E-state index contributed by atoms with van der Waals surface area (Å²) in [5, 5.41) is 8.91. The molecule has 1 aromatic carbocycles. The van der Waals surface area contributed by atoms with Gasteiger partial charge in [0.1, 0.15) is 17.4 Å². The highest BCUT2D eigenvalue weighted by Gasteiger charge is 2.20. The van der Waals surface area contributed by atoms with Crippen molar-refractivity contribution < 1.29 is 13.9 Å². The maximum Gasteiger partial charge on any atom is 0.258 e. The fraction of sp³-hybridized carbons (Fsp3) is 0.400. The Morgan fingerprint density at radius 2 is 2.00 bits per heavy atom. The van der Waals surface area contributed by atoms with Gasteiger partial charge in [0.05, 0.1) is 18.1 Å². The van der Waals surface area contributed by atoms with E-state index in [1.807, 2.05) is 6.26 Å². The summed E-state index contributed by atoms with van der Waals surface area (Å²) in [4.78, 5) is 23.6. The number of carbonyl (C=O) groups excluding carboxylic acids is 1. The van der Waals surface area contributed by atoms with E-state index in [0.717, 1.165) is 29.9 Å². The standard InChI is InChI=1S/C20H23FN6O2S/c1-30-20-24-18(26-9-2-3-10-26)16-12-23-27(19(16)25-20)11-8-22-17(28)13-29-15-6-4-14(21)5-7-15/h4-7,12H,2-3,8-11,13H2,1H3,(H,22,28). The van der Waals surface area contributed by atoms with Crippen molar-refractivity contribution >= 4 is 34.5 Å². The van der Waals surface area contributed by atoms with Crippen LogP contribution in [0.5, 0.6) is 5.75 Å². The molecular weight excluding hydrogens is 407 g/mol. The Balaban J connectivity index is 1.37. The normalized spacial score (nSPS) is 13.7. The van der Waals surface area contributed by atoms with Crippen molar-refractivity contribution in [1.82, 2.24) is 25.1 Å². The molecule has 10 heteroatoms. The van der Waals surface area contributed by atoms with Gasteiger partial charge in [-0.1, -0.05) is 11.8 Å². The molecule has 0 atom stereocenters. The number of aromatic nitrogens is 4. The third kappa shape index (κ3) is 4.64. The zero-order valence-electron chi connectivity index (χ0n) is 16.7. The molecule has 8 nitrogen and oxygen atoms in total. The number of thioether (sulfide) groups is 1. The number of carbonyl (C=O) groups is 1. The molecular formula is C20H23FN6O2S. The van der Waals surface area contributed by atoms with E-state index in [4.69, 9.17) is 9.72 Å². The number of hydrogen-bond acceptors (Lipinski definition) is 7. The van der Waals surface area contributed by atoms with Crippen LogP contribution in [-0.4, -0.2) is 58.2 Å². The second-order valence-electron chi connectivity index (χ2n) is 6.93. The minimum atomic E-state index is -0.348. The molecule has 0 spiro atoms. The van der Waals surface area contributed by atoms with Crippen LogP contribution in [0.2, 0.25) is 0 Å². The van der Waals surface area contributed by atoms with Gasteiger partial charge in [0, 0.05) is 19.6 Å². The highest BCUT2D eigenvalue weighted by Crippen LogP contribution is 2.28. The molecule has 1 fully saturated rings. The number of rotatable bonds is 8. The van der Waals surface area contributed by atoms with Gasteiger partial charge < -0.3 is 15.0 Å². The van der Waals surface area contributed by atoms with Gasteiger partial charge in [-0.2, -0.15) is 5.10 Å². The predicted molar refractivity (Wildman–Crippen MR) is 113 cm³/mol. The number of nitrogens with zero attached hydrogens (tertiary/aromatic N) is 5. The van der Waals surface area contributed by atoms with Crippen LogP contribution in [0.3, 0.4) is 0 Å². The Labute approximate surface area is 177 Å². The molecule has 0 bridgehead atoms. The Hall–Kier alpha value is -2.88. The third-order valence-corrected chi connectivity index (χ3v) is 5.42. The number of amides is 1. The highest BCUT2D eigenvalue weighted by molar-refractivity contribution is 7.98. The van der Waals surface area contributed by atoms with Crippen LogP contribution in [0.15, 0.2) is 35.6 Å². The third-order valence-electron chi connectivity index (χ3n) is 4.87. The molecule has 1 aliphatic rings. The van der Waals surface area contributed by atoms with E-state index >= 15 is 0 Å². The van der Waals surface area contributed by atoms with E-state index in [2.05, 4.69) is 20.3 Å². The first-order valence-corrected chi connectivity index (χ1v) is 11.0. The molecule has 3 heterocycles. The Bertz CT molecular complexity index is 1020. The second kappa shape index (κ2) is 9.29. The van der Waals surface area contributed by atoms with E-state index in [-0.39, 0.29) is 18.3 Å². The fourth-order valence-electron chi connectivity index (χ4n) is 3.38. The lowest BCUT2D eigenvalue weighted by atomic mass is 10.3. The average molecular weight is 431 g/mol. The topological polar surface area (TPSA) is 85.2 Å². The molecule has 30 heavy (non-hydrogen) atoms. The lowest BCUT2D eigenvalue weighted by Crippen LogP contribution is -2.31. The SMILES string of the molecule is CSc1nc(N2CCCC2)c2cnn(CCNC(=O)COc3ccc(F)cc3)c2n1. The van der Waals surface area contributed by atoms with E-state index < -0.39 is 0 Å². The summed E-state index contributed by atoms with van der Waals surface area (Å²) < 4.78 is 20.0. The van der Waals surface area contributed by atoms with Crippen LogP contribution in [0, 0.1) is 5.82 Å². The smallest absolute Gasteiger partial charge is 0.258 e. The fourth-order valence-corrected chi connectivity index (χ4v) is 3.73. The van der Waals surface area contributed by atoms with Crippen LogP contribution < -0.4 is 15.0 Å². The molecule has 1 N–H and O–H groups in total. The minimum absolute atomic E-state index is 0.136. The molecule has 3 aromatic rings. The summed E-state index contributed by atoms with van der Waals surface area (Å²) in [6.45, 7) is 2.73. The minimum Gasteiger partial charge on any atom is -0.484 e. The summed E-state index contributed by atoms with van der Waals surface area (Å²) >= 11 is 1.50. The Morgan fingerprint density at radius 3 is 2.73 bits per heavy atom. The van der Waals surface area contributed by atoms with Gasteiger partial charge in [0.2, 0.25) is 0 Å². The van der Waals surface area contributed by atoms with Crippen molar-refractivity contribution in [2.45, 2.75) is 24.5 Å². The lowest BCUT2D eigenvalue weighted by molar-refractivity contribution is -0.123. The van der Waals surface area contributed by atoms with Gasteiger partial charge in [0.25, 0.3) is 5.91 Å². The molecule has 158 valence electrons. The van der Waals surface area contributed by atoms with Gasteiger partial charge in [0.15, 0.2) is 17.4 Å². The number of hydrogen-bond donors (Lipinski definition) is 1. The first kappa shape index (κ1) is 20.4. The van der Waals surface area contributed by atoms with Crippen LogP contribution >= 0.6 is 11.8 Å². The van der Waals surface area contributed by atoms with Gasteiger partial charge in [-0.25, -0.2) is 19.0 Å². The monoisotopic (exact) mass is 430 g/mol. The van der Waals surface area contributed by atoms with Gasteiger partial charge >= 0.3 is 0 Å². The summed E-state index contributed by atoms with van der Waals surface area (Å²) in [7, 11) is 0. The molecule has 0 aliphatic carbocycles. The summed E-state index contributed by atoms with van der Waals surface area (Å²) in [6.07, 6.45) is 6.09. The second-order valence-corrected chi connectivity index (χ2v) is 7.70. The van der Waals surface area contributed by atoms with Crippen LogP contribution in [0.25, 0.3) is 11.0 Å². The first-order chi connectivity index (χ1) is 14.6. The maximum atomic E-state index is 12.9. The quantitative estimate of drug-likeness (QED) is 0.434. The highest BCUT2D eigenvalue weighted by atomic mass is 32.2. The van der Waals surface area contributed by atoms with E-state index in [1.54, 1.807) is 10.9 Å². The number of halogens is 1. The van der Waals surface area contributed by atoms with E-state index in [9.17, 15) is 9.18 Å². The lowest BCUT2D eigenvalue weighted by Gasteiger charge is -2.17. The van der Waals surface area contributed by atoms with Crippen molar-refractivity contribution in [3.8, 4) is 5.75 Å². The summed E-state index contributed by atoms with van der Waals surface area (Å²) in [6, 6.07) is 5.55. The first-order valence-electron chi connectivity index (χ1n) is 9.81. The Kier molecular flexibility index (Phi) is 6.32. The molecule has 1 amide bonds. The molecule has 1 aliphatic heterocycles. The van der Waals surface area contributed by atoms with Crippen molar-refractivity contribution in [2.75, 3.05) is 37.4 Å². The van der Waals surface area contributed by atoms with Crippen molar-refractivity contribution in [1.29, 1.82) is 0 Å². The average Bonchev–Trinajstić information content (AvgIpc) is 3.43. The zero-order valence-corrected chi connectivity index (χ0v) is 17.5.